The van der Waals surface area contributed by atoms with E-state index in [1.807, 2.05) is 24.3 Å². The highest BCUT2D eigenvalue weighted by molar-refractivity contribution is 5.92. The van der Waals surface area contributed by atoms with Crippen LogP contribution < -0.4 is 0 Å². The first-order valence-electron chi connectivity index (χ1n) is 7.68. The Morgan fingerprint density at radius 3 is 3.05 bits per heavy atom. The molecule has 3 heterocycles. The number of hydrogen-bond donors (Lipinski definition) is 0. The molecule has 1 saturated heterocycles. The SMILES string of the molecule is CC1CCN(Cc2nc(-c3nccc4ccccc34)no2)C1. The number of likely N-dealkylation sites (tertiary alicyclic amines) is 1. The smallest absolute Gasteiger partial charge is 0.241 e. The number of aromatic nitrogens is 3. The molecule has 2 aromatic heterocycles. The van der Waals surface area contributed by atoms with Crippen molar-refractivity contribution in [3.05, 3.63) is 42.4 Å². The zero-order valence-electron chi connectivity index (χ0n) is 12.6. The summed E-state index contributed by atoms with van der Waals surface area (Å²) in [6.07, 6.45) is 3.03. The predicted octanol–water partition coefficient (Wildman–Crippen LogP) is 3.13. The van der Waals surface area contributed by atoms with Crippen molar-refractivity contribution in [2.45, 2.75) is 19.9 Å². The average Bonchev–Trinajstić information content (AvgIpc) is 3.16. The highest BCUT2D eigenvalue weighted by Gasteiger charge is 2.21. The van der Waals surface area contributed by atoms with Crippen LogP contribution in [0.5, 0.6) is 0 Å². The number of hydrogen-bond acceptors (Lipinski definition) is 5. The number of rotatable bonds is 3. The predicted molar refractivity (Wildman–Crippen MR) is 84.1 cm³/mol. The van der Waals surface area contributed by atoms with E-state index in [0.29, 0.717) is 11.7 Å². The Labute approximate surface area is 129 Å². The van der Waals surface area contributed by atoms with E-state index in [2.05, 4.69) is 33.0 Å². The van der Waals surface area contributed by atoms with Crippen LogP contribution >= 0.6 is 0 Å². The number of nitrogens with zero attached hydrogens (tertiary/aromatic N) is 4. The zero-order valence-corrected chi connectivity index (χ0v) is 12.6. The van der Waals surface area contributed by atoms with E-state index in [0.717, 1.165) is 42.0 Å². The van der Waals surface area contributed by atoms with Crippen LogP contribution in [0.1, 0.15) is 19.2 Å². The highest BCUT2D eigenvalue weighted by Crippen LogP contribution is 2.24. The lowest BCUT2D eigenvalue weighted by atomic mass is 10.1. The van der Waals surface area contributed by atoms with Gasteiger partial charge in [0.25, 0.3) is 0 Å². The highest BCUT2D eigenvalue weighted by atomic mass is 16.5. The van der Waals surface area contributed by atoms with Gasteiger partial charge in [0.05, 0.1) is 6.54 Å². The fourth-order valence-corrected chi connectivity index (χ4v) is 3.07. The Morgan fingerprint density at radius 1 is 1.27 bits per heavy atom. The number of pyridine rings is 1. The Hall–Kier alpha value is -2.27. The van der Waals surface area contributed by atoms with Gasteiger partial charge in [0.1, 0.15) is 5.69 Å². The van der Waals surface area contributed by atoms with Crippen molar-refractivity contribution in [2.24, 2.45) is 5.92 Å². The molecule has 0 N–H and O–H groups in total. The molecule has 3 aromatic rings. The maximum Gasteiger partial charge on any atom is 0.241 e. The summed E-state index contributed by atoms with van der Waals surface area (Å²) in [7, 11) is 0. The molecule has 112 valence electrons. The van der Waals surface area contributed by atoms with E-state index >= 15 is 0 Å². The molecule has 0 saturated carbocycles. The van der Waals surface area contributed by atoms with Crippen LogP contribution in [0.3, 0.4) is 0 Å². The maximum absolute atomic E-state index is 5.42. The summed E-state index contributed by atoms with van der Waals surface area (Å²) in [6, 6.07) is 10.1. The van der Waals surface area contributed by atoms with Gasteiger partial charge in [-0.3, -0.25) is 9.88 Å². The van der Waals surface area contributed by atoms with Gasteiger partial charge in [0.15, 0.2) is 0 Å². The Kier molecular flexibility index (Phi) is 3.35. The molecule has 1 aromatic carbocycles. The summed E-state index contributed by atoms with van der Waals surface area (Å²) in [5.74, 6) is 1.99. The maximum atomic E-state index is 5.42. The van der Waals surface area contributed by atoms with Crippen molar-refractivity contribution in [3.8, 4) is 11.5 Å². The van der Waals surface area contributed by atoms with Crippen LogP contribution in [-0.2, 0) is 6.54 Å². The van der Waals surface area contributed by atoms with Crippen LogP contribution in [-0.4, -0.2) is 33.1 Å². The standard InChI is InChI=1S/C17H18N4O/c1-12-7-9-21(10-12)11-15-19-17(20-22-15)16-14-5-3-2-4-13(14)6-8-18-16/h2-6,8,12H,7,9-11H2,1H3. The fourth-order valence-electron chi connectivity index (χ4n) is 3.07. The second-order valence-electron chi connectivity index (χ2n) is 6.02. The Morgan fingerprint density at radius 2 is 2.18 bits per heavy atom. The molecule has 5 heteroatoms. The molecule has 0 radical (unpaired) electrons. The Bertz CT molecular complexity index is 793. The zero-order chi connectivity index (χ0) is 14.9. The molecular formula is C17H18N4O. The van der Waals surface area contributed by atoms with Crippen LogP contribution in [0, 0.1) is 5.92 Å². The van der Waals surface area contributed by atoms with Crippen molar-refractivity contribution in [1.82, 2.24) is 20.0 Å². The molecular weight excluding hydrogens is 276 g/mol. The lowest BCUT2D eigenvalue weighted by Crippen LogP contribution is -2.19. The minimum absolute atomic E-state index is 0.569. The van der Waals surface area contributed by atoms with Crippen LogP contribution in [0.2, 0.25) is 0 Å². The first kappa shape index (κ1) is 13.4. The van der Waals surface area contributed by atoms with Crippen molar-refractivity contribution in [3.63, 3.8) is 0 Å². The third-order valence-electron chi connectivity index (χ3n) is 4.22. The molecule has 4 rings (SSSR count). The molecule has 1 unspecified atom stereocenters. The first-order valence-corrected chi connectivity index (χ1v) is 7.68. The topological polar surface area (TPSA) is 55.1 Å². The van der Waals surface area contributed by atoms with Gasteiger partial charge in [-0.25, -0.2) is 0 Å². The van der Waals surface area contributed by atoms with Crippen LogP contribution in [0.4, 0.5) is 0 Å². The molecule has 5 nitrogen and oxygen atoms in total. The van der Waals surface area contributed by atoms with E-state index in [1.165, 1.54) is 6.42 Å². The summed E-state index contributed by atoms with van der Waals surface area (Å²) >= 11 is 0. The molecule has 22 heavy (non-hydrogen) atoms. The van der Waals surface area contributed by atoms with E-state index in [9.17, 15) is 0 Å². The quantitative estimate of drug-likeness (QED) is 0.743. The minimum atomic E-state index is 0.569. The van der Waals surface area contributed by atoms with Gasteiger partial charge in [0.2, 0.25) is 11.7 Å². The van der Waals surface area contributed by atoms with Gasteiger partial charge in [-0.2, -0.15) is 4.98 Å². The first-order chi connectivity index (χ1) is 10.8. The van der Waals surface area contributed by atoms with Crippen molar-refractivity contribution >= 4 is 10.8 Å². The van der Waals surface area contributed by atoms with E-state index < -0.39 is 0 Å². The third-order valence-corrected chi connectivity index (χ3v) is 4.22. The third kappa shape index (κ3) is 2.48. The molecule has 1 atom stereocenters. The van der Waals surface area contributed by atoms with Crippen LogP contribution in [0.25, 0.3) is 22.3 Å². The average molecular weight is 294 g/mol. The molecule has 0 aliphatic carbocycles. The second kappa shape index (κ2) is 5.50. The fraction of sp³-hybridized carbons (Fsp3) is 0.353. The summed E-state index contributed by atoms with van der Waals surface area (Å²) in [6.45, 7) is 5.21. The minimum Gasteiger partial charge on any atom is -0.337 e. The van der Waals surface area contributed by atoms with E-state index in [-0.39, 0.29) is 0 Å². The van der Waals surface area contributed by atoms with Crippen LogP contribution in [0.15, 0.2) is 41.1 Å². The van der Waals surface area contributed by atoms with Gasteiger partial charge in [-0.1, -0.05) is 36.3 Å². The summed E-state index contributed by atoms with van der Waals surface area (Å²) < 4.78 is 5.42. The molecule has 1 aliphatic heterocycles. The van der Waals surface area contributed by atoms with Gasteiger partial charge >= 0.3 is 0 Å². The van der Waals surface area contributed by atoms with E-state index in [4.69, 9.17) is 4.52 Å². The number of fused-ring (bicyclic) bond motifs is 1. The molecule has 0 amide bonds. The largest absolute Gasteiger partial charge is 0.337 e. The van der Waals surface area contributed by atoms with Gasteiger partial charge in [-0.15, -0.1) is 0 Å². The van der Waals surface area contributed by atoms with Crippen molar-refractivity contribution < 1.29 is 4.52 Å². The van der Waals surface area contributed by atoms with Gasteiger partial charge < -0.3 is 4.52 Å². The molecule has 0 spiro atoms. The lowest BCUT2D eigenvalue weighted by Gasteiger charge is -2.11. The number of benzene rings is 1. The lowest BCUT2D eigenvalue weighted by molar-refractivity contribution is 0.262. The van der Waals surface area contributed by atoms with Crippen molar-refractivity contribution in [2.75, 3.05) is 13.1 Å². The normalized spacial score (nSPS) is 19.0. The second-order valence-corrected chi connectivity index (χ2v) is 6.02. The molecule has 1 aliphatic rings. The summed E-state index contributed by atoms with van der Waals surface area (Å²) in [4.78, 5) is 11.3. The van der Waals surface area contributed by atoms with E-state index in [1.54, 1.807) is 6.20 Å². The monoisotopic (exact) mass is 294 g/mol. The summed E-state index contributed by atoms with van der Waals surface area (Å²) in [5, 5.41) is 6.30. The van der Waals surface area contributed by atoms with Crippen molar-refractivity contribution in [1.29, 1.82) is 0 Å². The summed E-state index contributed by atoms with van der Waals surface area (Å²) in [5.41, 5.74) is 0.780. The molecule has 0 bridgehead atoms. The Balaban J connectivity index is 1.63. The van der Waals surface area contributed by atoms with Gasteiger partial charge in [0, 0.05) is 18.1 Å². The molecule has 1 fully saturated rings. The van der Waals surface area contributed by atoms with Gasteiger partial charge in [-0.05, 0) is 30.3 Å².